The van der Waals surface area contributed by atoms with E-state index in [2.05, 4.69) is 17.0 Å². The SMILES string of the molecule is O=C([C]1[CH][CH][CH][CH]1)C1CN1Cc1ccccc1. The predicted molar refractivity (Wildman–Crippen MR) is 66.1 cm³/mol. The summed E-state index contributed by atoms with van der Waals surface area (Å²) in [5.74, 6) is 1.09. The minimum Gasteiger partial charge on any atom is -0.297 e. The second-order valence-corrected chi connectivity index (χ2v) is 4.47. The van der Waals surface area contributed by atoms with E-state index < -0.39 is 0 Å². The molecular weight excluding hydrogens is 210 g/mol. The minimum absolute atomic E-state index is 0.0950. The van der Waals surface area contributed by atoms with Crippen LogP contribution in [0.15, 0.2) is 30.3 Å². The molecule has 1 aromatic carbocycles. The van der Waals surface area contributed by atoms with E-state index in [-0.39, 0.29) is 11.8 Å². The predicted octanol–water partition coefficient (Wildman–Crippen LogP) is 1.85. The first-order chi connectivity index (χ1) is 8.34. The van der Waals surface area contributed by atoms with Crippen molar-refractivity contribution in [3.63, 3.8) is 0 Å². The zero-order valence-corrected chi connectivity index (χ0v) is 9.54. The maximum absolute atomic E-state index is 12.0. The van der Waals surface area contributed by atoms with Crippen LogP contribution in [0.4, 0.5) is 0 Å². The first-order valence-electron chi connectivity index (χ1n) is 5.88. The van der Waals surface area contributed by atoms with Crippen molar-refractivity contribution in [3.8, 4) is 0 Å². The number of carbonyl (C=O) groups excluding carboxylic acids is 1. The molecule has 2 fully saturated rings. The summed E-state index contributed by atoms with van der Waals surface area (Å²) in [6.07, 6.45) is 7.61. The zero-order chi connectivity index (χ0) is 11.7. The van der Waals surface area contributed by atoms with Gasteiger partial charge < -0.3 is 0 Å². The molecule has 1 saturated carbocycles. The smallest absolute Gasteiger partial charge is 0.159 e. The molecule has 17 heavy (non-hydrogen) atoms. The van der Waals surface area contributed by atoms with Gasteiger partial charge in [-0.05, 0) is 31.2 Å². The highest BCUT2D eigenvalue weighted by Crippen LogP contribution is 2.31. The van der Waals surface area contributed by atoms with Gasteiger partial charge in [0.1, 0.15) is 0 Å². The summed E-state index contributed by atoms with van der Waals surface area (Å²) in [6, 6.07) is 10.4. The molecule has 2 heteroatoms. The number of ketones is 1. The van der Waals surface area contributed by atoms with Gasteiger partial charge in [0.05, 0.1) is 12.0 Å². The van der Waals surface area contributed by atoms with Crippen molar-refractivity contribution in [3.05, 3.63) is 67.5 Å². The van der Waals surface area contributed by atoms with Gasteiger partial charge in [-0.1, -0.05) is 30.3 Å². The normalized spacial score (nSPS) is 28.2. The summed E-state index contributed by atoms with van der Waals surface area (Å²) in [5.41, 5.74) is 1.27. The van der Waals surface area contributed by atoms with Crippen molar-refractivity contribution in [2.75, 3.05) is 6.54 Å². The Hall–Kier alpha value is -1.15. The molecule has 2 nitrogen and oxygen atoms in total. The lowest BCUT2D eigenvalue weighted by Gasteiger charge is -2.07. The molecule has 2 unspecified atom stereocenters. The Morgan fingerprint density at radius 3 is 2.59 bits per heavy atom. The van der Waals surface area contributed by atoms with Gasteiger partial charge >= 0.3 is 0 Å². The van der Waals surface area contributed by atoms with Crippen LogP contribution in [0, 0.1) is 31.6 Å². The summed E-state index contributed by atoms with van der Waals surface area (Å²) < 4.78 is 0. The molecule has 1 aliphatic heterocycles. The van der Waals surface area contributed by atoms with Crippen LogP contribution in [0.1, 0.15) is 5.56 Å². The summed E-state index contributed by atoms with van der Waals surface area (Å²) in [7, 11) is 0. The van der Waals surface area contributed by atoms with Gasteiger partial charge in [-0.3, -0.25) is 9.69 Å². The van der Waals surface area contributed by atoms with Crippen LogP contribution in [0.25, 0.3) is 0 Å². The molecule has 0 amide bonds. The monoisotopic (exact) mass is 224 g/mol. The Morgan fingerprint density at radius 2 is 1.88 bits per heavy atom. The molecule has 1 aliphatic carbocycles. The fourth-order valence-corrected chi connectivity index (χ4v) is 2.15. The van der Waals surface area contributed by atoms with Crippen LogP contribution in [0.5, 0.6) is 0 Å². The lowest BCUT2D eigenvalue weighted by molar-refractivity contribution is -0.116. The fraction of sp³-hybridized carbons (Fsp3) is 0.200. The summed E-state index contributed by atoms with van der Waals surface area (Å²) >= 11 is 0. The Morgan fingerprint density at radius 1 is 1.18 bits per heavy atom. The molecular formula is C15H14NO. The molecule has 0 bridgehead atoms. The van der Waals surface area contributed by atoms with Gasteiger partial charge in [-0.25, -0.2) is 0 Å². The molecule has 1 saturated heterocycles. The lowest BCUT2D eigenvalue weighted by atomic mass is 10.0. The average molecular weight is 224 g/mol. The van der Waals surface area contributed by atoms with Crippen molar-refractivity contribution in [2.45, 2.75) is 12.6 Å². The molecule has 85 valence electrons. The van der Waals surface area contributed by atoms with E-state index in [1.807, 2.05) is 43.9 Å². The maximum atomic E-state index is 12.0. The fourth-order valence-electron chi connectivity index (χ4n) is 2.15. The highest BCUT2D eigenvalue weighted by Gasteiger charge is 2.43. The molecule has 0 spiro atoms. The lowest BCUT2D eigenvalue weighted by Crippen LogP contribution is -2.19. The first kappa shape index (κ1) is 11.0. The topological polar surface area (TPSA) is 20.1 Å². The Labute approximate surface area is 103 Å². The zero-order valence-electron chi connectivity index (χ0n) is 9.54. The summed E-state index contributed by atoms with van der Waals surface area (Å²) in [5, 5.41) is 0. The molecule has 1 heterocycles. The quantitative estimate of drug-likeness (QED) is 0.727. The highest BCUT2D eigenvalue weighted by atomic mass is 16.1. The van der Waals surface area contributed by atoms with Crippen LogP contribution in [-0.4, -0.2) is 23.3 Å². The molecule has 1 aromatic rings. The number of hydrogen-bond acceptors (Lipinski definition) is 2. The van der Waals surface area contributed by atoms with Gasteiger partial charge in [0.15, 0.2) is 5.78 Å². The molecule has 2 aliphatic rings. The van der Waals surface area contributed by atoms with Crippen LogP contribution >= 0.6 is 0 Å². The number of nitrogens with zero attached hydrogens (tertiary/aromatic N) is 1. The van der Waals surface area contributed by atoms with Gasteiger partial charge in [-0.2, -0.15) is 0 Å². The second-order valence-electron chi connectivity index (χ2n) is 4.47. The van der Waals surface area contributed by atoms with Crippen molar-refractivity contribution < 1.29 is 4.79 Å². The van der Waals surface area contributed by atoms with E-state index in [9.17, 15) is 4.79 Å². The number of benzene rings is 1. The largest absolute Gasteiger partial charge is 0.297 e. The summed E-state index contributed by atoms with van der Waals surface area (Å²) in [6.45, 7) is 1.76. The van der Waals surface area contributed by atoms with E-state index in [0.29, 0.717) is 0 Å². The van der Waals surface area contributed by atoms with Crippen LogP contribution in [0.3, 0.4) is 0 Å². The standard InChI is InChI=1S/C15H14NO/c17-15(13-8-4-5-9-13)14-11-16(14)10-12-6-2-1-3-7-12/h1-9,14H,10-11H2. The van der Waals surface area contributed by atoms with E-state index >= 15 is 0 Å². The number of Topliss-reactive ketones (excluding diaryl/α,β-unsaturated/α-hetero) is 1. The van der Waals surface area contributed by atoms with Gasteiger partial charge in [0, 0.05) is 13.1 Å². The first-order valence-corrected chi connectivity index (χ1v) is 5.88. The van der Waals surface area contributed by atoms with Crippen molar-refractivity contribution >= 4 is 5.78 Å². The van der Waals surface area contributed by atoms with Crippen LogP contribution < -0.4 is 0 Å². The van der Waals surface area contributed by atoms with Crippen LogP contribution in [-0.2, 0) is 11.3 Å². The second kappa shape index (κ2) is 4.61. The molecule has 0 aromatic heterocycles. The Balaban J connectivity index is 1.54. The molecule has 2 atom stereocenters. The minimum atomic E-state index is 0.0950. The van der Waals surface area contributed by atoms with Gasteiger partial charge in [-0.15, -0.1) is 0 Å². The number of carbonyl (C=O) groups is 1. The van der Waals surface area contributed by atoms with E-state index in [4.69, 9.17) is 0 Å². The average Bonchev–Trinajstić information content (AvgIpc) is 2.92. The Bertz CT molecular complexity index is 395. The maximum Gasteiger partial charge on any atom is 0.159 e. The highest BCUT2D eigenvalue weighted by molar-refractivity contribution is 6.03. The Kier molecular flexibility index (Phi) is 2.98. The molecule has 3 rings (SSSR count). The van der Waals surface area contributed by atoms with E-state index in [0.717, 1.165) is 19.0 Å². The number of hydrogen-bond donors (Lipinski definition) is 0. The summed E-state index contributed by atoms with van der Waals surface area (Å²) in [4.78, 5) is 14.2. The third-order valence-corrected chi connectivity index (χ3v) is 3.19. The third kappa shape index (κ3) is 2.42. The number of rotatable bonds is 4. The third-order valence-electron chi connectivity index (χ3n) is 3.19. The molecule has 5 radical (unpaired) electrons. The van der Waals surface area contributed by atoms with E-state index in [1.165, 1.54) is 5.56 Å². The van der Waals surface area contributed by atoms with Gasteiger partial charge in [0.2, 0.25) is 0 Å². The van der Waals surface area contributed by atoms with Crippen molar-refractivity contribution in [1.29, 1.82) is 0 Å². The van der Waals surface area contributed by atoms with Crippen LogP contribution in [0.2, 0.25) is 0 Å². The van der Waals surface area contributed by atoms with Crippen molar-refractivity contribution in [1.82, 2.24) is 4.90 Å². The van der Waals surface area contributed by atoms with Crippen molar-refractivity contribution in [2.24, 2.45) is 0 Å². The van der Waals surface area contributed by atoms with E-state index in [1.54, 1.807) is 0 Å². The van der Waals surface area contributed by atoms with Gasteiger partial charge in [0.25, 0.3) is 0 Å². The molecule has 0 N–H and O–H groups in total.